The number of nitrogens with one attached hydrogen (secondary N) is 1. The summed E-state index contributed by atoms with van der Waals surface area (Å²) in [6.45, 7) is 2.61. The number of fused-ring (bicyclic) bond motifs is 2. The van der Waals surface area contributed by atoms with Crippen LogP contribution in [0, 0.1) is 11.6 Å². The number of hydrogen-bond acceptors (Lipinski definition) is 12. The number of halogens is 5. The molecule has 6 rings (SSSR count). The van der Waals surface area contributed by atoms with Gasteiger partial charge in [0.2, 0.25) is 0 Å². The normalized spacial score (nSPS) is 10.3. The molecule has 0 aliphatic heterocycles. The van der Waals surface area contributed by atoms with Crippen LogP contribution < -0.4 is 30.0 Å². The molecule has 264 valence electrons. The van der Waals surface area contributed by atoms with Gasteiger partial charge in [-0.1, -0.05) is 34.8 Å². The molecular formula is C34H27Cl3F2N6O6. The summed E-state index contributed by atoms with van der Waals surface area (Å²) in [7, 11) is 2.95. The monoisotopic (exact) mass is 758 g/mol. The first-order chi connectivity index (χ1) is 24.3. The van der Waals surface area contributed by atoms with Crippen LogP contribution in [0.2, 0.25) is 15.2 Å². The zero-order valence-corrected chi connectivity index (χ0v) is 29.4. The fourth-order valence-corrected chi connectivity index (χ4v) is 4.77. The van der Waals surface area contributed by atoms with Crippen molar-refractivity contribution in [2.24, 2.45) is 0 Å². The summed E-state index contributed by atoms with van der Waals surface area (Å²) in [5.41, 5.74) is 7.51. The molecule has 51 heavy (non-hydrogen) atoms. The molecule has 0 aliphatic rings. The summed E-state index contributed by atoms with van der Waals surface area (Å²) in [5, 5.41) is 4.60. The molecule has 0 atom stereocenters. The molecule has 12 nitrogen and oxygen atoms in total. The maximum atomic E-state index is 13.3. The van der Waals surface area contributed by atoms with E-state index in [9.17, 15) is 18.4 Å². The van der Waals surface area contributed by atoms with Gasteiger partial charge in [0.25, 0.3) is 0 Å². The van der Waals surface area contributed by atoms with Crippen molar-refractivity contribution in [2.45, 2.75) is 13.8 Å². The van der Waals surface area contributed by atoms with E-state index in [0.717, 1.165) is 0 Å². The molecule has 0 unspecified atom stereocenters. The zero-order chi connectivity index (χ0) is 37.2. The van der Waals surface area contributed by atoms with Gasteiger partial charge in [-0.2, -0.15) is 0 Å². The number of ether oxygens (including phenoxy) is 4. The minimum Gasteiger partial charge on any atom is -0.493 e. The van der Waals surface area contributed by atoms with E-state index in [1.54, 1.807) is 24.3 Å². The summed E-state index contributed by atoms with van der Waals surface area (Å²) < 4.78 is 46.1. The van der Waals surface area contributed by atoms with E-state index < -0.39 is 23.6 Å². The van der Waals surface area contributed by atoms with Crippen molar-refractivity contribution in [1.82, 2.24) is 19.9 Å². The van der Waals surface area contributed by atoms with E-state index in [4.69, 9.17) is 59.5 Å². The number of methoxy groups -OCH3 is 2. The van der Waals surface area contributed by atoms with Crippen molar-refractivity contribution in [1.29, 1.82) is 0 Å². The lowest BCUT2D eigenvalue weighted by molar-refractivity contribution is -0.132. The van der Waals surface area contributed by atoms with E-state index in [-0.39, 0.29) is 15.8 Å². The summed E-state index contributed by atoms with van der Waals surface area (Å²) in [6.07, 6.45) is 2.73. The summed E-state index contributed by atoms with van der Waals surface area (Å²) >= 11 is 17.1. The second-order valence-corrected chi connectivity index (χ2v) is 11.2. The number of esters is 2. The topological polar surface area (TPSA) is 161 Å². The molecule has 3 N–H and O–H groups in total. The second kappa shape index (κ2) is 17.4. The Balaban J connectivity index is 0.000000192. The Morgan fingerprint density at radius 3 is 1.69 bits per heavy atom. The van der Waals surface area contributed by atoms with E-state index in [1.165, 1.54) is 77.1 Å². The highest BCUT2D eigenvalue weighted by atomic mass is 35.5. The second-order valence-electron chi connectivity index (χ2n) is 10.0. The zero-order valence-electron chi connectivity index (χ0n) is 27.1. The molecule has 0 fully saturated rings. The van der Waals surface area contributed by atoms with Crippen molar-refractivity contribution >= 4 is 85.7 Å². The first-order valence-electron chi connectivity index (χ1n) is 14.4. The van der Waals surface area contributed by atoms with E-state index in [0.29, 0.717) is 61.4 Å². The lowest BCUT2D eigenvalue weighted by Crippen LogP contribution is -2.04. The predicted molar refractivity (Wildman–Crippen MR) is 190 cm³/mol. The van der Waals surface area contributed by atoms with E-state index >= 15 is 0 Å². The molecule has 2 aromatic heterocycles. The number of nitrogens with zero attached hydrogens (tertiary/aromatic N) is 4. The van der Waals surface area contributed by atoms with Gasteiger partial charge < -0.3 is 30.0 Å². The summed E-state index contributed by atoms with van der Waals surface area (Å²) in [4.78, 5) is 38.5. The first kappa shape index (κ1) is 38.2. The lowest BCUT2D eigenvalue weighted by Gasteiger charge is -2.12. The Morgan fingerprint density at radius 2 is 1.18 bits per heavy atom. The van der Waals surface area contributed by atoms with E-state index in [2.05, 4.69) is 25.3 Å². The molecule has 0 bridgehead atoms. The van der Waals surface area contributed by atoms with Gasteiger partial charge in [-0.3, -0.25) is 9.59 Å². The van der Waals surface area contributed by atoms with Crippen molar-refractivity contribution < 1.29 is 37.3 Å². The number of anilines is 3. The molecule has 4 aromatic carbocycles. The largest absolute Gasteiger partial charge is 0.493 e. The molecule has 0 saturated heterocycles. The Bertz CT molecular complexity index is 2230. The smallest absolute Gasteiger partial charge is 0.308 e. The number of carbonyl (C=O) groups is 2. The Labute approximate surface area is 304 Å². The van der Waals surface area contributed by atoms with Crippen molar-refractivity contribution in [3.63, 3.8) is 0 Å². The Kier molecular flexibility index (Phi) is 13.0. The molecule has 0 aliphatic carbocycles. The minimum absolute atomic E-state index is 0.00867. The third kappa shape index (κ3) is 10.2. The van der Waals surface area contributed by atoms with Crippen LogP contribution in [0.5, 0.6) is 23.0 Å². The number of hydrogen-bond donors (Lipinski definition) is 2. The summed E-state index contributed by atoms with van der Waals surface area (Å²) in [5.74, 6) is -0.0810. The van der Waals surface area contributed by atoms with Crippen LogP contribution in [0.3, 0.4) is 0 Å². The maximum Gasteiger partial charge on any atom is 0.308 e. The van der Waals surface area contributed by atoms with Gasteiger partial charge in [-0.05, 0) is 48.5 Å². The van der Waals surface area contributed by atoms with Crippen LogP contribution in [0.4, 0.5) is 26.0 Å². The number of benzene rings is 4. The highest BCUT2D eigenvalue weighted by Gasteiger charge is 2.14. The minimum atomic E-state index is -0.512. The van der Waals surface area contributed by atoms with Crippen LogP contribution in [0.1, 0.15) is 13.8 Å². The number of carbonyl (C=O) groups excluding carboxylic acids is 2. The molecule has 17 heteroatoms. The summed E-state index contributed by atoms with van der Waals surface area (Å²) in [6, 6.07) is 14.8. The number of nitrogen functional groups attached to an aromatic ring is 1. The standard InChI is InChI=1S/C17H13ClFN3O3.C11H9ClN2O3.C6H5ClFN/c1-9(23)25-16-6-11-14(7-15(16)24-2)20-8-21-17(11)22-10-3-4-13(19)12(18)5-10;1-6(15)17-10-3-7-8(4-9(10)16-2)13-5-14-11(7)12;7-5-3-4(9)1-2-6(5)8/h3-8H,1-2H3,(H,20,21,22);3-5H,1-2H3;1-3H,9H2. The number of rotatable bonds is 6. The SMILES string of the molecule is COc1cc2ncnc(Cl)c2cc1OC(C)=O.COc1cc2ncnc(Nc3ccc(F)c(Cl)c3)c2cc1OC(C)=O.Nc1ccc(F)c(Cl)c1. The van der Waals surface area contributed by atoms with Crippen LogP contribution in [-0.2, 0) is 9.59 Å². The van der Waals surface area contributed by atoms with Crippen LogP contribution in [-0.4, -0.2) is 46.1 Å². The Morgan fingerprint density at radius 1 is 0.667 bits per heavy atom. The molecule has 2 heterocycles. The van der Waals surface area contributed by atoms with Gasteiger partial charge in [-0.15, -0.1) is 0 Å². The van der Waals surface area contributed by atoms with Crippen LogP contribution in [0.25, 0.3) is 21.8 Å². The third-order valence-electron chi connectivity index (χ3n) is 6.43. The van der Waals surface area contributed by atoms with Crippen LogP contribution >= 0.6 is 34.8 Å². The average molecular weight is 760 g/mol. The highest BCUT2D eigenvalue weighted by Crippen LogP contribution is 2.36. The molecule has 0 amide bonds. The van der Waals surface area contributed by atoms with Crippen molar-refractivity contribution in [2.75, 3.05) is 25.3 Å². The van der Waals surface area contributed by atoms with Crippen molar-refractivity contribution in [3.05, 3.63) is 100 Å². The molecule has 0 radical (unpaired) electrons. The fraction of sp³-hybridized carbons (Fsp3) is 0.118. The van der Waals surface area contributed by atoms with Gasteiger partial charge in [0, 0.05) is 48.1 Å². The van der Waals surface area contributed by atoms with Gasteiger partial charge in [-0.25, -0.2) is 28.7 Å². The quantitative estimate of drug-likeness (QED) is 0.0724. The number of nitrogens with two attached hydrogens (primary N) is 1. The fourth-order valence-electron chi connectivity index (χ4n) is 4.21. The average Bonchev–Trinajstić information content (AvgIpc) is 3.08. The van der Waals surface area contributed by atoms with Crippen LogP contribution in [0.15, 0.2) is 73.3 Å². The molecular weight excluding hydrogens is 733 g/mol. The molecule has 0 spiro atoms. The molecule has 0 saturated carbocycles. The highest BCUT2D eigenvalue weighted by molar-refractivity contribution is 6.34. The van der Waals surface area contributed by atoms with E-state index in [1.807, 2.05) is 0 Å². The Hall–Kier alpha value is -5.57. The van der Waals surface area contributed by atoms with Gasteiger partial charge in [0.05, 0.1) is 35.3 Å². The predicted octanol–water partition coefficient (Wildman–Crippen LogP) is 8.38. The first-order valence-corrected chi connectivity index (χ1v) is 15.5. The maximum absolute atomic E-state index is 13.3. The number of aromatic nitrogens is 4. The van der Waals surface area contributed by atoms with Gasteiger partial charge >= 0.3 is 11.9 Å². The lowest BCUT2D eigenvalue weighted by atomic mass is 10.2. The van der Waals surface area contributed by atoms with Gasteiger partial charge in [0.15, 0.2) is 23.0 Å². The molecule has 6 aromatic rings. The van der Waals surface area contributed by atoms with Gasteiger partial charge in [0.1, 0.15) is 35.3 Å². The van der Waals surface area contributed by atoms with Crippen molar-refractivity contribution in [3.8, 4) is 23.0 Å². The third-order valence-corrected chi connectivity index (χ3v) is 7.31.